The number of hydrogen-bond acceptors (Lipinski definition) is 10. The van der Waals surface area contributed by atoms with Crippen molar-refractivity contribution in [2.24, 2.45) is 0 Å². The highest BCUT2D eigenvalue weighted by Gasteiger charge is 2.52. The van der Waals surface area contributed by atoms with E-state index >= 15 is 0 Å². The van der Waals surface area contributed by atoms with Crippen LogP contribution in [0.2, 0.25) is 0 Å². The van der Waals surface area contributed by atoms with Crippen LogP contribution in [0.25, 0.3) is 0 Å². The maximum absolute atomic E-state index is 11.8. The number of benzene rings is 1. The van der Waals surface area contributed by atoms with Gasteiger partial charge < -0.3 is 28.4 Å². The molecule has 1 unspecified atom stereocenters. The standard InChI is InChI=1S/C21H26O10/c1-12(22)26-11-17-18(28-13(2)23)19(29-14(3)24)20(21(31-17)30-15(4)25)27-10-16-8-6-5-7-9-16/h5-9,17-21H,10-11H2,1-4H3/t17-,18+,19-,20-,21?/m0/s1. The summed E-state index contributed by atoms with van der Waals surface area (Å²) in [5, 5.41) is 0. The lowest BCUT2D eigenvalue weighted by molar-refractivity contribution is -0.307. The number of carbonyl (C=O) groups excluding carboxylic acids is 4. The zero-order valence-corrected chi connectivity index (χ0v) is 17.8. The van der Waals surface area contributed by atoms with E-state index in [1.807, 2.05) is 30.3 Å². The first-order valence-corrected chi connectivity index (χ1v) is 9.63. The minimum Gasteiger partial charge on any atom is -0.463 e. The maximum atomic E-state index is 11.8. The average molecular weight is 438 g/mol. The van der Waals surface area contributed by atoms with E-state index in [2.05, 4.69) is 0 Å². The van der Waals surface area contributed by atoms with Crippen molar-refractivity contribution in [3.8, 4) is 0 Å². The van der Waals surface area contributed by atoms with E-state index < -0.39 is 54.6 Å². The van der Waals surface area contributed by atoms with Crippen LogP contribution in [-0.4, -0.2) is 61.2 Å². The molecular formula is C21H26O10. The van der Waals surface area contributed by atoms with Crippen LogP contribution in [0.4, 0.5) is 0 Å². The molecule has 2 rings (SSSR count). The van der Waals surface area contributed by atoms with Crippen molar-refractivity contribution in [1.82, 2.24) is 0 Å². The fourth-order valence-electron chi connectivity index (χ4n) is 3.07. The lowest BCUT2D eigenvalue weighted by Gasteiger charge is -2.44. The first kappa shape index (κ1) is 24.3. The van der Waals surface area contributed by atoms with Crippen LogP contribution in [0, 0.1) is 0 Å². The summed E-state index contributed by atoms with van der Waals surface area (Å²) in [5.41, 5.74) is 0.803. The van der Waals surface area contributed by atoms with Crippen molar-refractivity contribution in [1.29, 1.82) is 0 Å². The molecule has 1 fully saturated rings. The zero-order valence-electron chi connectivity index (χ0n) is 17.8. The lowest BCUT2D eigenvalue weighted by Crippen LogP contribution is -2.62. The van der Waals surface area contributed by atoms with Gasteiger partial charge in [0.15, 0.2) is 18.3 Å². The summed E-state index contributed by atoms with van der Waals surface area (Å²) < 4.78 is 32.6. The molecule has 0 amide bonds. The molecule has 0 bridgehead atoms. The van der Waals surface area contributed by atoms with Gasteiger partial charge in [0.1, 0.15) is 12.7 Å². The number of rotatable bonds is 8. The van der Waals surface area contributed by atoms with Gasteiger partial charge in [0, 0.05) is 27.7 Å². The second-order valence-electron chi connectivity index (χ2n) is 6.86. The molecular weight excluding hydrogens is 412 g/mol. The van der Waals surface area contributed by atoms with Crippen LogP contribution in [-0.2, 0) is 54.2 Å². The van der Waals surface area contributed by atoms with Crippen LogP contribution >= 0.6 is 0 Å². The van der Waals surface area contributed by atoms with Crippen LogP contribution < -0.4 is 0 Å². The summed E-state index contributed by atoms with van der Waals surface area (Å²) in [6.07, 6.45) is -5.86. The Kier molecular flexibility index (Phi) is 8.95. The van der Waals surface area contributed by atoms with E-state index in [-0.39, 0.29) is 13.2 Å². The Labute approximate surface area is 179 Å². The minimum atomic E-state index is -1.31. The zero-order chi connectivity index (χ0) is 23.0. The van der Waals surface area contributed by atoms with Crippen LogP contribution in [0.3, 0.4) is 0 Å². The number of esters is 4. The molecule has 0 N–H and O–H groups in total. The predicted molar refractivity (Wildman–Crippen MR) is 103 cm³/mol. The van der Waals surface area contributed by atoms with Gasteiger partial charge in [-0.1, -0.05) is 30.3 Å². The molecule has 1 saturated heterocycles. The SMILES string of the molecule is CC(=O)OC[C@@H]1OC(OC(C)=O)[C@@H](OCc2ccccc2)[C@@H](OC(C)=O)[C@@H]1OC(C)=O. The monoisotopic (exact) mass is 438 g/mol. The van der Waals surface area contributed by atoms with E-state index in [0.717, 1.165) is 5.56 Å². The van der Waals surface area contributed by atoms with Crippen molar-refractivity contribution in [3.05, 3.63) is 35.9 Å². The molecule has 1 aliphatic heterocycles. The number of ether oxygens (including phenoxy) is 6. The Balaban J connectivity index is 2.36. The van der Waals surface area contributed by atoms with E-state index in [4.69, 9.17) is 28.4 Å². The number of hydrogen-bond donors (Lipinski definition) is 0. The van der Waals surface area contributed by atoms with Gasteiger partial charge >= 0.3 is 23.9 Å². The Hall–Kier alpha value is -2.98. The quantitative estimate of drug-likeness (QED) is 0.433. The van der Waals surface area contributed by atoms with Gasteiger partial charge in [-0.2, -0.15) is 0 Å². The first-order valence-electron chi connectivity index (χ1n) is 9.63. The Bertz CT molecular complexity index is 778. The lowest BCUT2D eigenvalue weighted by atomic mass is 9.98. The second-order valence-corrected chi connectivity index (χ2v) is 6.86. The molecule has 0 radical (unpaired) electrons. The Morgan fingerprint density at radius 3 is 1.90 bits per heavy atom. The summed E-state index contributed by atoms with van der Waals surface area (Å²) in [6.45, 7) is 4.47. The van der Waals surface area contributed by atoms with Gasteiger partial charge in [0.25, 0.3) is 0 Å². The fraction of sp³-hybridized carbons (Fsp3) is 0.524. The third kappa shape index (κ3) is 7.65. The highest BCUT2D eigenvalue weighted by molar-refractivity contribution is 5.68. The van der Waals surface area contributed by atoms with Crippen molar-refractivity contribution >= 4 is 23.9 Å². The molecule has 0 saturated carbocycles. The van der Waals surface area contributed by atoms with Crippen molar-refractivity contribution < 1.29 is 47.6 Å². The Morgan fingerprint density at radius 2 is 1.35 bits per heavy atom. The average Bonchev–Trinajstić information content (AvgIpc) is 2.67. The van der Waals surface area contributed by atoms with Crippen LogP contribution in [0.15, 0.2) is 30.3 Å². The van der Waals surface area contributed by atoms with Crippen molar-refractivity contribution in [2.75, 3.05) is 6.61 Å². The summed E-state index contributed by atoms with van der Waals surface area (Å²) in [7, 11) is 0. The summed E-state index contributed by atoms with van der Waals surface area (Å²) in [5.74, 6) is -2.62. The molecule has 1 heterocycles. The van der Waals surface area contributed by atoms with Gasteiger partial charge in [0.2, 0.25) is 6.29 Å². The van der Waals surface area contributed by atoms with Gasteiger partial charge in [-0.05, 0) is 5.56 Å². The van der Waals surface area contributed by atoms with Gasteiger partial charge in [-0.25, -0.2) is 0 Å². The second kappa shape index (κ2) is 11.4. The fourth-order valence-corrected chi connectivity index (χ4v) is 3.07. The highest BCUT2D eigenvalue weighted by Crippen LogP contribution is 2.30. The summed E-state index contributed by atoms with van der Waals surface area (Å²) in [4.78, 5) is 46.5. The molecule has 1 aromatic carbocycles. The predicted octanol–water partition coefficient (Wildman–Crippen LogP) is 1.29. The smallest absolute Gasteiger partial charge is 0.305 e. The van der Waals surface area contributed by atoms with Gasteiger partial charge in [0.05, 0.1) is 6.61 Å². The third-order valence-corrected chi connectivity index (χ3v) is 4.21. The largest absolute Gasteiger partial charge is 0.463 e. The maximum Gasteiger partial charge on any atom is 0.305 e. The summed E-state index contributed by atoms with van der Waals surface area (Å²) in [6, 6.07) is 9.11. The molecule has 5 atom stereocenters. The molecule has 0 spiro atoms. The minimum absolute atomic E-state index is 0.0752. The van der Waals surface area contributed by atoms with E-state index in [0.29, 0.717) is 0 Å². The molecule has 10 nitrogen and oxygen atoms in total. The molecule has 0 aliphatic carbocycles. The van der Waals surface area contributed by atoms with Crippen molar-refractivity contribution in [2.45, 2.75) is 65.0 Å². The topological polar surface area (TPSA) is 124 Å². The molecule has 1 aliphatic rings. The number of carbonyl (C=O) groups is 4. The van der Waals surface area contributed by atoms with Crippen molar-refractivity contribution in [3.63, 3.8) is 0 Å². The normalized spacial score (nSPS) is 25.2. The van der Waals surface area contributed by atoms with Gasteiger partial charge in [-0.3, -0.25) is 19.2 Å². The summed E-state index contributed by atoms with van der Waals surface area (Å²) >= 11 is 0. The molecule has 0 aromatic heterocycles. The first-order chi connectivity index (χ1) is 14.7. The molecule has 170 valence electrons. The molecule has 31 heavy (non-hydrogen) atoms. The molecule has 1 aromatic rings. The van der Waals surface area contributed by atoms with E-state index in [9.17, 15) is 19.2 Å². The Morgan fingerprint density at radius 1 is 0.774 bits per heavy atom. The highest BCUT2D eigenvalue weighted by atomic mass is 16.7. The van der Waals surface area contributed by atoms with Crippen LogP contribution in [0.1, 0.15) is 33.3 Å². The van der Waals surface area contributed by atoms with E-state index in [1.54, 1.807) is 0 Å². The van der Waals surface area contributed by atoms with Gasteiger partial charge in [-0.15, -0.1) is 0 Å². The van der Waals surface area contributed by atoms with Crippen LogP contribution in [0.5, 0.6) is 0 Å². The van der Waals surface area contributed by atoms with E-state index in [1.165, 1.54) is 27.7 Å². The molecule has 10 heteroatoms. The third-order valence-electron chi connectivity index (χ3n) is 4.21.